The predicted molar refractivity (Wildman–Crippen MR) is 65.8 cm³/mol. The third kappa shape index (κ3) is 2.65. The average Bonchev–Trinajstić information content (AvgIpc) is 2.35. The number of anilines is 1. The van der Waals surface area contributed by atoms with E-state index in [-0.39, 0.29) is 5.56 Å². The molecule has 92 valence electrons. The van der Waals surface area contributed by atoms with Crippen LogP contribution in [0.5, 0.6) is 0 Å². The molecule has 5 heteroatoms. The van der Waals surface area contributed by atoms with E-state index in [9.17, 15) is 13.6 Å². The first kappa shape index (κ1) is 12.5. The molecule has 2 nitrogen and oxygen atoms in total. The fourth-order valence-electron chi connectivity index (χ4n) is 1.42. The number of nitrogens with one attached hydrogen (secondary N) is 1. The first-order valence-electron chi connectivity index (χ1n) is 5.09. The van der Waals surface area contributed by atoms with Crippen LogP contribution in [0.2, 0.25) is 5.02 Å². The lowest BCUT2D eigenvalue weighted by Gasteiger charge is -2.07. The normalized spacial score (nSPS) is 10.2. The summed E-state index contributed by atoms with van der Waals surface area (Å²) in [5.41, 5.74) is -0.0252. The Kier molecular flexibility index (Phi) is 3.58. The minimum atomic E-state index is -0.791. The van der Waals surface area contributed by atoms with Gasteiger partial charge >= 0.3 is 0 Å². The number of hydrogen-bond donors (Lipinski definition) is 1. The Hall–Kier alpha value is -1.94. The first-order chi connectivity index (χ1) is 8.58. The van der Waals surface area contributed by atoms with Gasteiger partial charge in [0.05, 0.1) is 16.3 Å². The van der Waals surface area contributed by atoms with Crippen molar-refractivity contribution in [3.63, 3.8) is 0 Å². The highest BCUT2D eigenvalue weighted by Crippen LogP contribution is 2.21. The second-order valence-electron chi connectivity index (χ2n) is 3.56. The number of carbonyl (C=O) groups is 1. The van der Waals surface area contributed by atoms with Crippen LogP contribution < -0.4 is 5.32 Å². The molecule has 0 heterocycles. The van der Waals surface area contributed by atoms with Gasteiger partial charge in [-0.05, 0) is 30.3 Å². The Morgan fingerprint density at radius 2 is 1.83 bits per heavy atom. The molecule has 0 aromatic heterocycles. The Balaban J connectivity index is 2.28. The summed E-state index contributed by atoms with van der Waals surface area (Å²) in [6, 6.07) is 9.20. The molecule has 0 atom stereocenters. The molecule has 2 aromatic carbocycles. The zero-order chi connectivity index (χ0) is 13.1. The minimum absolute atomic E-state index is 0.322. The molecule has 0 saturated heterocycles. The second-order valence-corrected chi connectivity index (χ2v) is 3.97. The van der Waals surface area contributed by atoms with E-state index in [1.165, 1.54) is 0 Å². The molecule has 0 saturated carbocycles. The lowest BCUT2D eigenvalue weighted by atomic mass is 10.2. The van der Waals surface area contributed by atoms with E-state index in [0.717, 1.165) is 18.2 Å². The second kappa shape index (κ2) is 5.14. The summed E-state index contributed by atoms with van der Waals surface area (Å²) >= 11 is 5.84. The zero-order valence-electron chi connectivity index (χ0n) is 9.08. The summed E-state index contributed by atoms with van der Waals surface area (Å²) < 4.78 is 26.3. The van der Waals surface area contributed by atoms with Crippen molar-refractivity contribution in [1.29, 1.82) is 0 Å². The van der Waals surface area contributed by atoms with Gasteiger partial charge in [-0.15, -0.1) is 0 Å². The quantitative estimate of drug-likeness (QED) is 0.879. The molecule has 0 aliphatic carbocycles. The van der Waals surface area contributed by atoms with Crippen LogP contribution >= 0.6 is 11.6 Å². The number of para-hydroxylation sites is 1. The maximum absolute atomic E-state index is 13.4. The molecule has 0 radical (unpaired) electrons. The number of benzene rings is 2. The molecule has 0 unspecified atom stereocenters. The molecule has 1 N–H and O–H groups in total. The molecule has 2 rings (SSSR count). The summed E-state index contributed by atoms with van der Waals surface area (Å²) in [6.07, 6.45) is 0. The van der Waals surface area contributed by atoms with Crippen LogP contribution in [-0.2, 0) is 0 Å². The molecule has 0 fully saturated rings. The van der Waals surface area contributed by atoms with Crippen molar-refractivity contribution in [2.75, 3.05) is 5.32 Å². The van der Waals surface area contributed by atoms with E-state index < -0.39 is 17.5 Å². The van der Waals surface area contributed by atoms with E-state index in [0.29, 0.717) is 10.7 Å². The largest absolute Gasteiger partial charge is 0.321 e. The molecule has 0 spiro atoms. The lowest BCUT2D eigenvalue weighted by Crippen LogP contribution is -2.14. The van der Waals surface area contributed by atoms with Gasteiger partial charge < -0.3 is 5.32 Å². The highest BCUT2D eigenvalue weighted by atomic mass is 35.5. The van der Waals surface area contributed by atoms with Crippen molar-refractivity contribution in [3.05, 3.63) is 64.7 Å². The number of hydrogen-bond acceptors (Lipinski definition) is 1. The van der Waals surface area contributed by atoms with Crippen LogP contribution in [0.25, 0.3) is 0 Å². The minimum Gasteiger partial charge on any atom is -0.321 e. The Labute approximate surface area is 107 Å². The molecular formula is C13H8ClF2NO. The van der Waals surface area contributed by atoms with Crippen molar-refractivity contribution in [2.24, 2.45) is 0 Å². The van der Waals surface area contributed by atoms with E-state index in [1.54, 1.807) is 24.3 Å². The smallest absolute Gasteiger partial charge is 0.258 e. The Bertz CT molecular complexity index is 601. The van der Waals surface area contributed by atoms with E-state index in [2.05, 4.69) is 5.32 Å². The van der Waals surface area contributed by atoms with Gasteiger partial charge in [-0.1, -0.05) is 23.7 Å². The summed E-state index contributed by atoms with van der Waals surface area (Å²) in [7, 11) is 0. The number of amides is 1. The fraction of sp³-hybridized carbons (Fsp3) is 0. The fourth-order valence-corrected chi connectivity index (χ4v) is 1.61. The molecule has 1 amide bonds. The molecule has 18 heavy (non-hydrogen) atoms. The van der Waals surface area contributed by atoms with Crippen LogP contribution in [0.4, 0.5) is 14.5 Å². The van der Waals surface area contributed by atoms with Gasteiger partial charge in [-0.25, -0.2) is 8.78 Å². The van der Waals surface area contributed by atoms with Crippen molar-refractivity contribution in [1.82, 2.24) is 0 Å². The van der Waals surface area contributed by atoms with Gasteiger partial charge in [0.25, 0.3) is 5.91 Å². The van der Waals surface area contributed by atoms with Crippen molar-refractivity contribution in [2.45, 2.75) is 0 Å². The Morgan fingerprint density at radius 3 is 2.56 bits per heavy atom. The monoisotopic (exact) mass is 267 g/mol. The first-order valence-corrected chi connectivity index (χ1v) is 5.46. The van der Waals surface area contributed by atoms with E-state index in [4.69, 9.17) is 11.6 Å². The summed E-state index contributed by atoms with van der Waals surface area (Å²) in [4.78, 5) is 11.8. The van der Waals surface area contributed by atoms with Gasteiger partial charge in [0.1, 0.15) is 11.6 Å². The van der Waals surface area contributed by atoms with Gasteiger partial charge in [0.2, 0.25) is 0 Å². The van der Waals surface area contributed by atoms with Crippen LogP contribution in [0.3, 0.4) is 0 Å². The zero-order valence-corrected chi connectivity index (χ0v) is 9.84. The van der Waals surface area contributed by atoms with Gasteiger partial charge in [0.15, 0.2) is 0 Å². The molecular weight excluding hydrogens is 260 g/mol. The molecule has 2 aromatic rings. The standard InChI is InChI=1S/C13H8ClF2NO/c14-10-3-1-2-4-12(10)17-13(18)9-7-8(15)5-6-11(9)16/h1-7H,(H,17,18). The van der Waals surface area contributed by atoms with Crippen LogP contribution in [0.1, 0.15) is 10.4 Å². The van der Waals surface area contributed by atoms with Crippen molar-refractivity contribution >= 4 is 23.2 Å². The average molecular weight is 268 g/mol. The molecule has 0 aliphatic heterocycles. The summed E-state index contributed by atoms with van der Waals surface area (Å²) in [6.45, 7) is 0. The highest BCUT2D eigenvalue weighted by molar-refractivity contribution is 6.33. The lowest BCUT2D eigenvalue weighted by molar-refractivity contribution is 0.102. The molecule has 0 bridgehead atoms. The maximum atomic E-state index is 13.4. The van der Waals surface area contributed by atoms with Crippen LogP contribution in [-0.4, -0.2) is 5.91 Å². The number of rotatable bonds is 2. The van der Waals surface area contributed by atoms with Gasteiger partial charge in [0, 0.05) is 0 Å². The van der Waals surface area contributed by atoms with Crippen LogP contribution in [0, 0.1) is 11.6 Å². The van der Waals surface area contributed by atoms with Crippen molar-refractivity contribution < 1.29 is 13.6 Å². The SMILES string of the molecule is O=C(Nc1ccccc1Cl)c1cc(F)ccc1F. The Morgan fingerprint density at radius 1 is 1.11 bits per heavy atom. The predicted octanol–water partition coefficient (Wildman–Crippen LogP) is 3.87. The van der Waals surface area contributed by atoms with Crippen molar-refractivity contribution in [3.8, 4) is 0 Å². The number of carbonyl (C=O) groups excluding carboxylic acids is 1. The topological polar surface area (TPSA) is 29.1 Å². The third-order valence-corrected chi connectivity index (χ3v) is 2.62. The summed E-state index contributed by atoms with van der Waals surface area (Å²) in [5.74, 6) is -2.22. The number of halogens is 3. The summed E-state index contributed by atoms with van der Waals surface area (Å²) in [5, 5.41) is 2.74. The van der Waals surface area contributed by atoms with E-state index in [1.807, 2.05) is 0 Å². The maximum Gasteiger partial charge on any atom is 0.258 e. The highest BCUT2D eigenvalue weighted by Gasteiger charge is 2.13. The van der Waals surface area contributed by atoms with Gasteiger partial charge in [-0.3, -0.25) is 4.79 Å². The third-order valence-electron chi connectivity index (χ3n) is 2.30. The molecule has 0 aliphatic rings. The van der Waals surface area contributed by atoms with E-state index >= 15 is 0 Å². The van der Waals surface area contributed by atoms with Crippen LogP contribution in [0.15, 0.2) is 42.5 Å². The van der Waals surface area contributed by atoms with Gasteiger partial charge in [-0.2, -0.15) is 0 Å².